The van der Waals surface area contributed by atoms with Crippen molar-refractivity contribution in [2.75, 3.05) is 18.9 Å². The van der Waals surface area contributed by atoms with Crippen LogP contribution in [0.4, 0.5) is 5.69 Å². The predicted molar refractivity (Wildman–Crippen MR) is 98.3 cm³/mol. The van der Waals surface area contributed by atoms with E-state index in [9.17, 15) is 0 Å². The third kappa shape index (κ3) is 3.51. The highest BCUT2D eigenvalue weighted by atomic mass is 16.5. The Morgan fingerprint density at radius 1 is 1.16 bits per heavy atom. The van der Waals surface area contributed by atoms with Gasteiger partial charge in [-0.3, -0.25) is 5.10 Å². The van der Waals surface area contributed by atoms with Gasteiger partial charge < -0.3 is 15.2 Å². The molecule has 1 saturated heterocycles. The summed E-state index contributed by atoms with van der Waals surface area (Å²) >= 11 is 0. The van der Waals surface area contributed by atoms with E-state index >= 15 is 0 Å². The van der Waals surface area contributed by atoms with Gasteiger partial charge in [-0.1, -0.05) is 30.3 Å². The van der Waals surface area contributed by atoms with Crippen molar-refractivity contribution in [2.24, 2.45) is 0 Å². The summed E-state index contributed by atoms with van der Waals surface area (Å²) in [6.07, 6.45) is 2.40. The maximum absolute atomic E-state index is 6.04. The SMILES string of the molecule is Nc1ccccc1-c1cc(-c2cccc(OCC3CCCO3)c2)n[nH]1. The van der Waals surface area contributed by atoms with E-state index in [0.29, 0.717) is 6.61 Å². The Bertz CT molecular complexity index is 853. The first-order valence-corrected chi connectivity index (χ1v) is 8.55. The number of rotatable bonds is 5. The molecule has 1 unspecified atom stereocenters. The number of nitrogens with two attached hydrogens (primary N) is 1. The zero-order valence-corrected chi connectivity index (χ0v) is 13.9. The summed E-state index contributed by atoms with van der Waals surface area (Å²) in [4.78, 5) is 0. The fourth-order valence-electron chi connectivity index (χ4n) is 3.06. The van der Waals surface area contributed by atoms with E-state index in [0.717, 1.165) is 53.4 Å². The molecule has 1 aliphatic heterocycles. The summed E-state index contributed by atoms with van der Waals surface area (Å²) in [5, 5.41) is 7.49. The van der Waals surface area contributed by atoms with Gasteiger partial charge in [0.15, 0.2) is 0 Å². The Balaban J connectivity index is 1.52. The molecule has 0 saturated carbocycles. The molecule has 0 aliphatic carbocycles. The van der Waals surface area contributed by atoms with Crippen molar-refractivity contribution in [3.05, 3.63) is 54.6 Å². The van der Waals surface area contributed by atoms with Crippen molar-refractivity contribution in [1.29, 1.82) is 0 Å². The van der Waals surface area contributed by atoms with Gasteiger partial charge >= 0.3 is 0 Å². The molecule has 128 valence electrons. The molecule has 3 aromatic rings. The normalized spacial score (nSPS) is 16.9. The van der Waals surface area contributed by atoms with Crippen LogP contribution in [-0.2, 0) is 4.74 Å². The molecular formula is C20H21N3O2. The molecule has 4 rings (SSSR count). The third-order valence-electron chi connectivity index (χ3n) is 4.42. The molecule has 0 spiro atoms. The standard InChI is InChI=1S/C20H21N3O2/c21-18-9-2-1-8-17(18)20-12-19(22-23-20)14-5-3-6-15(11-14)25-13-16-7-4-10-24-16/h1-3,5-6,8-9,11-12,16H,4,7,10,13,21H2,(H,22,23). The lowest BCUT2D eigenvalue weighted by molar-refractivity contribution is 0.0680. The second-order valence-electron chi connectivity index (χ2n) is 6.23. The Morgan fingerprint density at radius 3 is 2.92 bits per heavy atom. The van der Waals surface area contributed by atoms with Crippen LogP contribution < -0.4 is 10.5 Å². The van der Waals surface area contributed by atoms with Crippen LogP contribution in [0, 0.1) is 0 Å². The van der Waals surface area contributed by atoms with Gasteiger partial charge in [-0.2, -0.15) is 5.10 Å². The zero-order chi connectivity index (χ0) is 17.1. The molecule has 5 nitrogen and oxygen atoms in total. The summed E-state index contributed by atoms with van der Waals surface area (Å²) < 4.78 is 11.5. The highest BCUT2D eigenvalue weighted by molar-refractivity contribution is 5.76. The summed E-state index contributed by atoms with van der Waals surface area (Å²) in [6.45, 7) is 1.43. The summed E-state index contributed by atoms with van der Waals surface area (Å²) in [5.41, 5.74) is 10.5. The number of benzene rings is 2. The van der Waals surface area contributed by atoms with E-state index in [1.54, 1.807) is 0 Å². The second kappa shape index (κ2) is 6.99. The van der Waals surface area contributed by atoms with Crippen molar-refractivity contribution in [1.82, 2.24) is 10.2 Å². The van der Waals surface area contributed by atoms with Crippen molar-refractivity contribution in [2.45, 2.75) is 18.9 Å². The zero-order valence-electron chi connectivity index (χ0n) is 13.9. The number of para-hydroxylation sites is 1. The summed E-state index contributed by atoms with van der Waals surface area (Å²) in [7, 11) is 0. The smallest absolute Gasteiger partial charge is 0.120 e. The molecule has 1 aliphatic rings. The Hall–Kier alpha value is -2.79. The molecule has 0 radical (unpaired) electrons. The lowest BCUT2D eigenvalue weighted by Crippen LogP contribution is -2.16. The van der Waals surface area contributed by atoms with E-state index in [-0.39, 0.29) is 6.10 Å². The highest BCUT2D eigenvalue weighted by Crippen LogP contribution is 2.29. The van der Waals surface area contributed by atoms with Crippen LogP contribution in [0.15, 0.2) is 54.6 Å². The first kappa shape index (κ1) is 15.7. The monoisotopic (exact) mass is 335 g/mol. The quantitative estimate of drug-likeness (QED) is 0.694. The minimum Gasteiger partial charge on any atom is -0.491 e. The molecule has 1 atom stereocenters. The predicted octanol–water partition coefficient (Wildman–Crippen LogP) is 3.88. The average Bonchev–Trinajstić information content (AvgIpc) is 3.33. The van der Waals surface area contributed by atoms with Crippen molar-refractivity contribution >= 4 is 5.69 Å². The van der Waals surface area contributed by atoms with Crippen LogP contribution in [0.1, 0.15) is 12.8 Å². The number of H-pyrrole nitrogens is 1. The number of anilines is 1. The van der Waals surface area contributed by atoms with Gasteiger partial charge in [0, 0.05) is 23.4 Å². The number of aromatic nitrogens is 2. The molecule has 0 amide bonds. The van der Waals surface area contributed by atoms with Crippen LogP contribution in [-0.4, -0.2) is 29.5 Å². The molecule has 0 bridgehead atoms. The van der Waals surface area contributed by atoms with Gasteiger partial charge in [-0.25, -0.2) is 0 Å². The molecule has 1 fully saturated rings. The fraction of sp³-hybridized carbons (Fsp3) is 0.250. The van der Waals surface area contributed by atoms with Gasteiger partial charge in [0.2, 0.25) is 0 Å². The maximum Gasteiger partial charge on any atom is 0.120 e. The number of hydrogen-bond donors (Lipinski definition) is 2. The molecule has 3 N–H and O–H groups in total. The highest BCUT2D eigenvalue weighted by Gasteiger charge is 2.16. The maximum atomic E-state index is 6.04. The molecule has 5 heteroatoms. The van der Waals surface area contributed by atoms with Crippen LogP contribution in [0.3, 0.4) is 0 Å². The lowest BCUT2D eigenvalue weighted by Gasteiger charge is -2.11. The van der Waals surface area contributed by atoms with E-state index < -0.39 is 0 Å². The van der Waals surface area contributed by atoms with E-state index in [4.69, 9.17) is 15.2 Å². The molecule has 25 heavy (non-hydrogen) atoms. The Labute approximate surface area is 146 Å². The minimum absolute atomic E-state index is 0.210. The van der Waals surface area contributed by atoms with E-state index in [1.807, 2.05) is 54.6 Å². The van der Waals surface area contributed by atoms with Gasteiger partial charge in [0.05, 0.1) is 17.5 Å². The van der Waals surface area contributed by atoms with Crippen LogP contribution in [0.5, 0.6) is 5.75 Å². The molecular weight excluding hydrogens is 314 g/mol. The molecule has 1 aromatic heterocycles. The summed E-state index contributed by atoms with van der Waals surface area (Å²) in [6, 6.07) is 17.7. The average molecular weight is 335 g/mol. The largest absolute Gasteiger partial charge is 0.491 e. The Morgan fingerprint density at radius 2 is 2.08 bits per heavy atom. The number of nitrogens with zero attached hydrogens (tertiary/aromatic N) is 1. The minimum atomic E-state index is 0.210. The van der Waals surface area contributed by atoms with Crippen LogP contribution in [0.25, 0.3) is 22.5 Å². The number of nitrogens with one attached hydrogen (secondary N) is 1. The van der Waals surface area contributed by atoms with Crippen molar-refractivity contribution in [3.8, 4) is 28.3 Å². The third-order valence-corrected chi connectivity index (χ3v) is 4.42. The first-order valence-electron chi connectivity index (χ1n) is 8.55. The second-order valence-corrected chi connectivity index (χ2v) is 6.23. The summed E-state index contributed by atoms with van der Waals surface area (Å²) in [5.74, 6) is 0.830. The van der Waals surface area contributed by atoms with Gasteiger partial charge in [0.25, 0.3) is 0 Å². The van der Waals surface area contributed by atoms with Gasteiger partial charge in [0.1, 0.15) is 12.4 Å². The van der Waals surface area contributed by atoms with Crippen molar-refractivity contribution < 1.29 is 9.47 Å². The number of aromatic amines is 1. The number of nitrogen functional groups attached to an aromatic ring is 1. The first-order chi connectivity index (χ1) is 12.3. The van der Waals surface area contributed by atoms with Crippen LogP contribution >= 0.6 is 0 Å². The lowest BCUT2D eigenvalue weighted by atomic mass is 10.1. The topological polar surface area (TPSA) is 73.2 Å². The molecule has 2 heterocycles. The van der Waals surface area contributed by atoms with E-state index in [1.165, 1.54) is 0 Å². The Kier molecular flexibility index (Phi) is 4.39. The number of ether oxygens (including phenoxy) is 2. The van der Waals surface area contributed by atoms with Crippen molar-refractivity contribution in [3.63, 3.8) is 0 Å². The fourth-order valence-corrected chi connectivity index (χ4v) is 3.06. The van der Waals surface area contributed by atoms with Crippen LogP contribution in [0.2, 0.25) is 0 Å². The molecule has 2 aromatic carbocycles. The van der Waals surface area contributed by atoms with Gasteiger partial charge in [-0.05, 0) is 37.1 Å². The number of hydrogen-bond acceptors (Lipinski definition) is 4. The van der Waals surface area contributed by atoms with E-state index in [2.05, 4.69) is 10.2 Å². The van der Waals surface area contributed by atoms with Gasteiger partial charge in [-0.15, -0.1) is 0 Å².